The summed E-state index contributed by atoms with van der Waals surface area (Å²) in [5.74, 6) is 0.0436. The summed E-state index contributed by atoms with van der Waals surface area (Å²) >= 11 is 0. The molecule has 6 heteroatoms. The second-order valence-electron chi connectivity index (χ2n) is 4.97. The van der Waals surface area contributed by atoms with Gasteiger partial charge < -0.3 is 13.9 Å². The van der Waals surface area contributed by atoms with Gasteiger partial charge in [-0.05, 0) is 19.1 Å². The topological polar surface area (TPSA) is 84.8 Å². The van der Waals surface area contributed by atoms with Crippen molar-refractivity contribution in [2.24, 2.45) is 4.99 Å². The summed E-state index contributed by atoms with van der Waals surface area (Å²) < 4.78 is 16.2. The highest BCUT2D eigenvalue weighted by Gasteiger charge is 2.32. The number of aliphatic imine (C=N–C) groups is 1. The van der Waals surface area contributed by atoms with Crippen molar-refractivity contribution < 1.29 is 13.9 Å². The van der Waals surface area contributed by atoms with Crippen LogP contribution in [0.25, 0.3) is 11.0 Å². The van der Waals surface area contributed by atoms with Crippen molar-refractivity contribution in [3.8, 4) is 11.8 Å². The zero-order valence-corrected chi connectivity index (χ0v) is 12.7. The Labute approximate surface area is 132 Å². The minimum absolute atomic E-state index is 0.136. The van der Waals surface area contributed by atoms with Crippen LogP contribution in [-0.4, -0.2) is 13.0 Å². The van der Waals surface area contributed by atoms with Gasteiger partial charge in [-0.25, -0.2) is 4.79 Å². The molecule has 1 aliphatic heterocycles. The number of fused-ring (bicyclic) bond motifs is 3. The van der Waals surface area contributed by atoms with Gasteiger partial charge in [0.2, 0.25) is 5.88 Å². The van der Waals surface area contributed by atoms with Crippen molar-refractivity contribution in [3.63, 3.8) is 0 Å². The zero-order chi connectivity index (χ0) is 16.4. The van der Waals surface area contributed by atoms with Gasteiger partial charge >= 0.3 is 5.63 Å². The number of hydrogen-bond donors (Lipinski definition) is 0. The van der Waals surface area contributed by atoms with Gasteiger partial charge in [-0.2, -0.15) is 10.3 Å². The van der Waals surface area contributed by atoms with Crippen LogP contribution in [0.15, 0.2) is 49.9 Å². The van der Waals surface area contributed by atoms with Crippen LogP contribution in [0.2, 0.25) is 0 Å². The number of nitrogens with zero attached hydrogens (tertiary/aromatic N) is 2. The zero-order valence-electron chi connectivity index (χ0n) is 12.7. The number of allylic oxidation sites excluding steroid dienone is 1. The van der Waals surface area contributed by atoms with E-state index >= 15 is 0 Å². The highest BCUT2D eigenvalue weighted by atomic mass is 16.5. The van der Waals surface area contributed by atoms with Crippen LogP contribution in [0.5, 0.6) is 5.75 Å². The van der Waals surface area contributed by atoms with Gasteiger partial charge in [0.1, 0.15) is 11.7 Å². The molecule has 1 aliphatic rings. The van der Waals surface area contributed by atoms with Crippen LogP contribution in [0.1, 0.15) is 25.3 Å². The first-order valence-electron chi connectivity index (χ1n) is 7.19. The maximum absolute atomic E-state index is 12.3. The smallest absolute Gasteiger partial charge is 0.343 e. The third kappa shape index (κ3) is 2.46. The molecule has 0 bridgehead atoms. The summed E-state index contributed by atoms with van der Waals surface area (Å²) in [6, 6.07) is 9.14. The quantitative estimate of drug-likeness (QED) is 0.494. The molecule has 1 unspecified atom stereocenters. The van der Waals surface area contributed by atoms with E-state index in [1.54, 1.807) is 25.1 Å². The van der Waals surface area contributed by atoms with Crippen LogP contribution < -0.4 is 10.4 Å². The predicted molar refractivity (Wildman–Crippen MR) is 84.3 cm³/mol. The minimum atomic E-state index is -0.508. The number of para-hydroxylation sites is 1. The molecule has 3 rings (SSSR count). The second kappa shape index (κ2) is 5.97. The highest BCUT2D eigenvalue weighted by molar-refractivity contribution is 5.85. The molecule has 116 valence electrons. The summed E-state index contributed by atoms with van der Waals surface area (Å²) in [5.41, 5.74) is 0.510. The number of benzene rings is 1. The summed E-state index contributed by atoms with van der Waals surface area (Å²) in [6.45, 7) is 4.03. The van der Waals surface area contributed by atoms with E-state index in [0.29, 0.717) is 28.9 Å². The Balaban J connectivity index is 2.22. The Kier molecular flexibility index (Phi) is 3.85. The van der Waals surface area contributed by atoms with Crippen molar-refractivity contribution >= 4 is 17.4 Å². The predicted octanol–water partition coefficient (Wildman–Crippen LogP) is 3.09. The molecule has 6 nitrogen and oxygen atoms in total. The molecule has 0 N–H and O–H groups in total. The Bertz CT molecular complexity index is 918. The van der Waals surface area contributed by atoms with Gasteiger partial charge in [-0.15, -0.1) is 0 Å². The number of hydrogen-bond acceptors (Lipinski definition) is 6. The van der Waals surface area contributed by atoms with Crippen molar-refractivity contribution in [3.05, 3.63) is 51.7 Å². The number of nitriles is 1. The molecule has 23 heavy (non-hydrogen) atoms. The highest BCUT2D eigenvalue weighted by Crippen LogP contribution is 2.41. The molecule has 0 fully saturated rings. The normalized spacial score (nSPS) is 17.0. The van der Waals surface area contributed by atoms with Crippen LogP contribution in [0.4, 0.5) is 0 Å². The Morgan fingerprint density at radius 3 is 2.96 bits per heavy atom. The largest absolute Gasteiger partial charge is 0.483 e. The molecule has 2 heterocycles. The van der Waals surface area contributed by atoms with Crippen LogP contribution in [0, 0.1) is 11.3 Å². The van der Waals surface area contributed by atoms with Gasteiger partial charge in [-0.1, -0.05) is 19.1 Å². The van der Waals surface area contributed by atoms with E-state index in [2.05, 4.69) is 11.1 Å². The third-order valence-electron chi connectivity index (χ3n) is 3.63. The van der Waals surface area contributed by atoms with Gasteiger partial charge in [0, 0.05) is 5.92 Å². The second-order valence-corrected chi connectivity index (χ2v) is 4.97. The summed E-state index contributed by atoms with van der Waals surface area (Å²) in [7, 11) is 0. The van der Waals surface area contributed by atoms with Crippen LogP contribution >= 0.6 is 0 Å². The Hall–Kier alpha value is -3.07. The molecule has 0 saturated carbocycles. The van der Waals surface area contributed by atoms with E-state index in [1.807, 2.05) is 13.0 Å². The third-order valence-corrected chi connectivity index (χ3v) is 3.63. The SMILES string of the molecule is CCO/C=N/C1=C(C#N)C(C)c2c(c3ccccc3oc2=O)O1. The molecule has 1 aromatic heterocycles. The van der Waals surface area contributed by atoms with E-state index in [-0.39, 0.29) is 11.5 Å². The van der Waals surface area contributed by atoms with Gasteiger partial charge in [-0.3, -0.25) is 0 Å². The maximum Gasteiger partial charge on any atom is 0.343 e. The molecule has 0 aliphatic carbocycles. The monoisotopic (exact) mass is 310 g/mol. The molecule has 1 aromatic carbocycles. The summed E-state index contributed by atoms with van der Waals surface area (Å²) in [5, 5.41) is 10.0. The lowest BCUT2D eigenvalue weighted by Crippen LogP contribution is -2.20. The van der Waals surface area contributed by atoms with E-state index in [4.69, 9.17) is 13.9 Å². The lowest BCUT2D eigenvalue weighted by molar-refractivity contribution is 0.335. The van der Waals surface area contributed by atoms with Gasteiger partial charge in [0.15, 0.2) is 12.2 Å². The molecule has 0 spiro atoms. The number of rotatable bonds is 3. The van der Waals surface area contributed by atoms with Gasteiger partial charge in [0.05, 0.1) is 23.1 Å². The molecule has 1 atom stereocenters. The van der Waals surface area contributed by atoms with E-state index in [9.17, 15) is 10.1 Å². The molecular formula is C17H14N2O4. The average molecular weight is 310 g/mol. The van der Waals surface area contributed by atoms with Crippen molar-refractivity contribution in [1.82, 2.24) is 0 Å². The minimum Gasteiger partial charge on any atom is -0.483 e. The fourth-order valence-electron chi connectivity index (χ4n) is 2.50. The van der Waals surface area contributed by atoms with Crippen LogP contribution in [0.3, 0.4) is 0 Å². The molecule has 2 aromatic rings. The fraction of sp³-hybridized carbons (Fsp3) is 0.235. The summed E-state index contributed by atoms with van der Waals surface area (Å²) in [4.78, 5) is 16.3. The summed E-state index contributed by atoms with van der Waals surface area (Å²) in [6.07, 6.45) is 1.23. The lowest BCUT2D eigenvalue weighted by atomic mass is 9.91. The molecular weight excluding hydrogens is 296 g/mol. The Morgan fingerprint density at radius 1 is 1.43 bits per heavy atom. The van der Waals surface area contributed by atoms with Crippen molar-refractivity contribution in [1.29, 1.82) is 5.26 Å². The Morgan fingerprint density at radius 2 is 2.22 bits per heavy atom. The van der Waals surface area contributed by atoms with E-state index in [0.717, 1.165) is 0 Å². The number of ether oxygens (including phenoxy) is 2. The first-order valence-corrected chi connectivity index (χ1v) is 7.19. The first kappa shape index (κ1) is 14.9. The first-order chi connectivity index (χ1) is 11.2. The van der Waals surface area contributed by atoms with Crippen molar-refractivity contribution in [2.45, 2.75) is 19.8 Å². The molecule has 0 radical (unpaired) electrons. The van der Waals surface area contributed by atoms with Crippen LogP contribution in [-0.2, 0) is 4.74 Å². The lowest BCUT2D eigenvalue weighted by Gasteiger charge is -2.22. The van der Waals surface area contributed by atoms with Crippen molar-refractivity contribution in [2.75, 3.05) is 6.61 Å². The molecule has 0 saturated heterocycles. The maximum atomic E-state index is 12.3. The average Bonchev–Trinajstić information content (AvgIpc) is 2.55. The van der Waals surface area contributed by atoms with Gasteiger partial charge in [0.25, 0.3) is 0 Å². The fourth-order valence-corrected chi connectivity index (χ4v) is 2.50. The van der Waals surface area contributed by atoms with E-state index < -0.39 is 11.5 Å². The molecule has 0 amide bonds. The standard InChI is InChI=1S/C17H14N2O4/c1-3-21-9-19-16-12(8-18)10(2)14-15(23-16)11-6-4-5-7-13(11)22-17(14)20/h4-7,9-10H,3H2,1-2H3/b19-9+. The van der Waals surface area contributed by atoms with E-state index in [1.165, 1.54) is 6.40 Å².